The minimum atomic E-state index is -1.02. The normalized spacial score (nSPS) is 21.7. The lowest BCUT2D eigenvalue weighted by molar-refractivity contribution is -0.121. The molecule has 2 rings (SSSR count). The summed E-state index contributed by atoms with van der Waals surface area (Å²) in [6.45, 7) is 8.91. The number of carbonyl (C=O) groups is 1. The molecule has 152 valence electrons. The van der Waals surface area contributed by atoms with Crippen molar-refractivity contribution < 1.29 is 9.35 Å². The summed E-state index contributed by atoms with van der Waals surface area (Å²) in [7, 11) is 0. The van der Waals surface area contributed by atoms with E-state index < -0.39 is 11.4 Å². The first kappa shape index (κ1) is 22.3. The number of benzene rings is 1. The molecule has 1 aliphatic carbocycles. The lowest BCUT2D eigenvalue weighted by Gasteiger charge is -2.30. The fourth-order valence-corrected chi connectivity index (χ4v) is 4.24. The molecule has 1 aliphatic rings. The van der Waals surface area contributed by atoms with Crippen molar-refractivity contribution in [1.82, 2.24) is 4.72 Å². The highest BCUT2D eigenvalue weighted by Gasteiger charge is 2.30. The lowest BCUT2D eigenvalue weighted by Crippen LogP contribution is -2.42. The van der Waals surface area contributed by atoms with Crippen LogP contribution >= 0.6 is 0 Å². The molecular weight excluding hydrogens is 356 g/mol. The van der Waals surface area contributed by atoms with E-state index >= 15 is 0 Å². The molecule has 0 saturated heterocycles. The first-order valence-corrected chi connectivity index (χ1v) is 11.5. The van der Waals surface area contributed by atoms with Gasteiger partial charge in [0.05, 0.1) is 0 Å². The van der Waals surface area contributed by atoms with E-state index in [-0.39, 0.29) is 16.6 Å². The summed E-state index contributed by atoms with van der Waals surface area (Å²) < 4.78 is 15.0. The fraction of sp³-hybridized carbons (Fsp3) is 0.682. The third-order valence-corrected chi connectivity index (χ3v) is 6.86. The Morgan fingerprint density at radius 1 is 1.15 bits per heavy atom. The number of amides is 1. The number of anilines is 1. The molecule has 0 radical (unpaired) electrons. The van der Waals surface area contributed by atoms with Crippen molar-refractivity contribution in [1.29, 1.82) is 0 Å². The molecular formula is C22H36N2O2S. The third-order valence-electron chi connectivity index (χ3n) is 5.32. The zero-order chi connectivity index (χ0) is 19.9. The van der Waals surface area contributed by atoms with Crippen LogP contribution in [0.25, 0.3) is 0 Å². The van der Waals surface area contributed by atoms with Crippen LogP contribution in [0, 0.1) is 11.8 Å². The molecule has 1 unspecified atom stereocenters. The van der Waals surface area contributed by atoms with E-state index in [1.165, 1.54) is 18.4 Å². The Kier molecular flexibility index (Phi) is 8.64. The highest BCUT2D eigenvalue weighted by atomic mass is 32.2. The maximum atomic E-state index is 12.6. The molecule has 0 bridgehead atoms. The minimum absolute atomic E-state index is 0.0918. The summed E-state index contributed by atoms with van der Waals surface area (Å²) in [6, 6.07) is 8.26. The van der Waals surface area contributed by atoms with Crippen molar-refractivity contribution in [2.45, 2.75) is 77.4 Å². The Morgan fingerprint density at radius 3 is 2.33 bits per heavy atom. The van der Waals surface area contributed by atoms with Gasteiger partial charge in [-0.1, -0.05) is 25.5 Å². The van der Waals surface area contributed by atoms with Crippen molar-refractivity contribution in [2.75, 3.05) is 11.9 Å². The second-order valence-electron chi connectivity index (χ2n) is 8.74. The van der Waals surface area contributed by atoms with Crippen LogP contribution < -0.4 is 10.0 Å². The van der Waals surface area contributed by atoms with E-state index in [0.717, 1.165) is 44.3 Å². The average molecular weight is 393 g/mol. The molecule has 0 heterocycles. The summed E-state index contributed by atoms with van der Waals surface area (Å²) >= 11 is -1.02. The van der Waals surface area contributed by atoms with Gasteiger partial charge < -0.3 is 9.87 Å². The zero-order valence-corrected chi connectivity index (χ0v) is 18.2. The average Bonchev–Trinajstić information content (AvgIpc) is 2.65. The van der Waals surface area contributed by atoms with Crippen molar-refractivity contribution >= 4 is 23.0 Å². The van der Waals surface area contributed by atoms with Crippen molar-refractivity contribution in [3.05, 3.63) is 29.8 Å². The predicted molar refractivity (Wildman–Crippen MR) is 115 cm³/mol. The summed E-state index contributed by atoms with van der Waals surface area (Å²) in [6.07, 6.45) is 7.35. The van der Waals surface area contributed by atoms with E-state index in [1.54, 1.807) is 0 Å². The van der Waals surface area contributed by atoms with Crippen molar-refractivity contribution in [3.63, 3.8) is 0 Å². The van der Waals surface area contributed by atoms with Gasteiger partial charge in [-0.25, -0.2) is 0 Å². The van der Waals surface area contributed by atoms with Gasteiger partial charge in [0.1, 0.15) is 4.75 Å². The Hall–Kier alpha value is -1.04. The quantitative estimate of drug-likeness (QED) is 0.623. The van der Waals surface area contributed by atoms with E-state index in [1.807, 2.05) is 32.9 Å². The lowest BCUT2D eigenvalue weighted by atomic mass is 9.81. The molecule has 1 saturated carbocycles. The molecule has 5 heteroatoms. The molecule has 1 atom stereocenters. The number of rotatable bonds is 8. The second-order valence-corrected chi connectivity index (χ2v) is 10.8. The SMILES string of the molecule is CCCCc1ccc(NC(=O)[C@H]2CC[C@H](CN[S+]([O-])C(C)(C)C)CC2)cc1. The van der Waals surface area contributed by atoms with Gasteiger partial charge >= 0.3 is 0 Å². The van der Waals surface area contributed by atoms with Crippen molar-refractivity contribution in [2.24, 2.45) is 11.8 Å². The van der Waals surface area contributed by atoms with Crippen molar-refractivity contribution in [3.8, 4) is 0 Å². The first-order chi connectivity index (χ1) is 12.8. The topological polar surface area (TPSA) is 64.2 Å². The van der Waals surface area contributed by atoms with Crippen LogP contribution in [-0.2, 0) is 22.6 Å². The number of hydrogen-bond donors (Lipinski definition) is 2. The van der Waals surface area contributed by atoms with E-state index in [4.69, 9.17) is 0 Å². The molecule has 27 heavy (non-hydrogen) atoms. The summed E-state index contributed by atoms with van der Waals surface area (Å²) in [5.41, 5.74) is 2.22. The van der Waals surface area contributed by atoms with Crippen LogP contribution in [-0.4, -0.2) is 21.8 Å². The first-order valence-electron chi connectivity index (χ1n) is 10.3. The van der Waals surface area contributed by atoms with Gasteiger partial charge in [0.25, 0.3) is 0 Å². The predicted octanol–water partition coefficient (Wildman–Crippen LogP) is 4.83. The smallest absolute Gasteiger partial charge is 0.227 e. The minimum Gasteiger partial charge on any atom is -0.598 e. The summed E-state index contributed by atoms with van der Waals surface area (Å²) in [5.74, 6) is 0.744. The van der Waals surface area contributed by atoms with Crippen LogP contribution in [0.15, 0.2) is 24.3 Å². The number of aryl methyl sites for hydroxylation is 1. The molecule has 0 aliphatic heterocycles. The zero-order valence-electron chi connectivity index (χ0n) is 17.3. The molecule has 1 amide bonds. The van der Waals surface area contributed by atoms with Crippen LogP contribution in [0.1, 0.15) is 71.8 Å². The van der Waals surface area contributed by atoms with E-state index in [0.29, 0.717) is 5.92 Å². The Bertz CT molecular complexity index is 575. The maximum Gasteiger partial charge on any atom is 0.227 e. The fourth-order valence-electron chi connectivity index (χ4n) is 3.42. The largest absolute Gasteiger partial charge is 0.598 e. The molecule has 1 aromatic carbocycles. The molecule has 1 aromatic rings. The number of carbonyl (C=O) groups excluding carboxylic acids is 1. The number of nitrogens with one attached hydrogen (secondary N) is 2. The van der Waals surface area contributed by atoms with Gasteiger partial charge in [-0.2, -0.15) is 0 Å². The van der Waals surface area contributed by atoms with Gasteiger partial charge in [-0.05, 0) is 82.9 Å². The second kappa shape index (κ2) is 10.5. The van der Waals surface area contributed by atoms with E-state index in [2.05, 4.69) is 29.1 Å². The maximum absolute atomic E-state index is 12.6. The molecule has 4 nitrogen and oxygen atoms in total. The standard InChI is InChI=1S/C22H36N2O2S/c1-5-6-7-17-10-14-20(15-11-17)24-21(25)19-12-8-18(9-13-19)16-23-27(26)22(2,3)4/h10-11,14-15,18-19,23H,5-9,12-13,16H2,1-4H3,(H,24,25)/t18-,19-,27?. The third kappa shape index (κ3) is 7.47. The van der Waals surface area contributed by atoms with Gasteiger partial charge in [0.15, 0.2) is 0 Å². The Balaban J connectivity index is 1.73. The Labute approximate surface area is 168 Å². The molecule has 2 N–H and O–H groups in total. The molecule has 0 aromatic heterocycles. The van der Waals surface area contributed by atoms with Crippen LogP contribution in [0.4, 0.5) is 5.69 Å². The summed E-state index contributed by atoms with van der Waals surface area (Å²) in [4.78, 5) is 12.6. The van der Waals surface area contributed by atoms with Gasteiger partial charge in [-0.3, -0.25) is 4.79 Å². The number of unbranched alkanes of at least 4 members (excludes halogenated alkanes) is 1. The molecule has 1 fully saturated rings. The summed E-state index contributed by atoms with van der Waals surface area (Å²) in [5, 5.41) is 3.08. The highest BCUT2D eigenvalue weighted by Crippen LogP contribution is 2.30. The van der Waals surface area contributed by atoms with Gasteiger partial charge in [0, 0.05) is 29.5 Å². The van der Waals surface area contributed by atoms with Crippen LogP contribution in [0.5, 0.6) is 0 Å². The van der Waals surface area contributed by atoms with Gasteiger partial charge in [-0.15, -0.1) is 4.72 Å². The van der Waals surface area contributed by atoms with E-state index in [9.17, 15) is 9.35 Å². The monoisotopic (exact) mass is 392 g/mol. The van der Waals surface area contributed by atoms with Crippen LogP contribution in [0.3, 0.4) is 0 Å². The number of hydrogen-bond acceptors (Lipinski definition) is 3. The van der Waals surface area contributed by atoms with Crippen LogP contribution in [0.2, 0.25) is 0 Å². The van der Waals surface area contributed by atoms with Gasteiger partial charge in [0.2, 0.25) is 5.91 Å². The molecule has 0 spiro atoms. The highest BCUT2D eigenvalue weighted by molar-refractivity contribution is 7.90. The Morgan fingerprint density at radius 2 is 1.78 bits per heavy atom.